The Morgan fingerprint density at radius 1 is 0.778 bits per heavy atom. The van der Waals surface area contributed by atoms with Crippen LogP contribution >= 0.6 is 0 Å². The number of ether oxygens (including phenoxy) is 1. The third-order valence-electron chi connectivity index (χ3n) is 6.42. The Balaban J connectivity index is 1.28. The van der Waals surface area contributed by atoms with E-state index in [9.17, 15) is 0 Å². The van der Waals surface area contributed by atoms with Crippen LogP contribution in [0.1, 0.15) is 22.4 Å². The van der Waals surface area contributed by atoms with Gasteiger partial charge in [-0.15, -0.1) is 5.10 Å². The van der Waals surface area contributed by atoms with E-state index in [0.29, 0.717) is 19.8 Å². The molecule has 0 aliphatic rings. The summed E-state index contributed by atoms with van der Waals surface area (Å²) in [6.07, 6.45) is 1.95. The van der Waals surface area contributed by atoms with Gasteiger partial charge in [0.1, 0.15) is 5.69 Å². The quantitative estimate of drug-likeness (QED) is 0.243. The molecule has 36 heavy (non-hydrogen) atoms. The summed E-state index contributed by atoms with van der Waals surface area (Å²) in [5.74, 6) is 0. The molecule has 5 nitrogen and oxygen atoms in total. The molecule has 176 valence electrons. The zero-order chi connectivity index (χ0) is 24.3. The van der Waals surface area contributed by atoms with E-state index in [2.05, 4.69) is 96.1 Å². The summed E-state index contributed by atoms with van der Waals surface area (Å²) >= 11 is 0. The Kier molecular flexibility index (Phi) is 5.98. The summed E-state index contributed by atoms with van der Waals surface area (Å²) in [5.41, 5.74) is 7.39. The van der Waals surface area contributed by atoms with Gasteiger partial charge in [-0.3, -0.25) is 0 Å². The molecule has 0 spiro atoms. The smallest absolute Gasteiger partial charge is 0.108 e. The van der Waals surface area contributed by atoms with Gasteiger partial charge in [-0.25, -0.2) is 9.67 Å². The molecule has 5 heteroatoms. The molecule has 0 fully saturated rings. The Morgan fingerprint density at radius 3 is 2.44 bits per heavy atom. The molecule has 0 saturated carbocycles. The van der Waals surface area contributed by atoms with Gasteiger partial charge in [-0.1, -0.05) is 102 Å². The van der Waals surface area contributed by atoms with Crippen LogP contribution < -0.4 is 0 Å². The monoisotopic (exact) mass is 470 g/mol. The van der Waals surface area contributed by atoms with Crippen molar-refractivity contribution >= 4 is 21.7 Å². The maximum Gasteiger partial charge on any atom is 0.108 e. The minimum absolute atomic E-state index is 0.395. The SMILES string of the molecule is Cc1ccc(-c2cc(COCc3cn(Cc4ccccc4)nn3)c3ccc4ccccc4c3n2)cc1. The largest absolute Gasteiger partial charge is 0.370 e. The number of hydrogen-bond acceptors (Lipinski definition) is 4. The third kappa shape index (κ3) is 4.61. The van der Waals surface area contributed by atoms with E-state index < -0.39 is 0 Å². The van der Waals surface area contributed by atoms with Gasteiger partial charge in [0.2, 0.25) is 0 Å². The van der Waals surface area contributed by atoms with Gasteiger partial charge >= 0.3 is 0 Å². The van der Waals surface area contributed by atoms with Crippen LogP contribution in [-0.4, -0.2) is 20.0 Å². The average molecular weight is 471 g/mol. The van der Waals surface area contributed by atoms with Crippen LogP contribution in [0.2, 0.25) is 0 Å². The minimum atomic E-state index is 0.395. The standard InChI is InChI=1S/C31H26N4O/c1-22-11-13-25(14-12-22)30-17-26(29-16-15-24-9-5-6-10-28(24)31(29)32-30)20-36-21-27-19-35(34-33-27)18-23-7-3-2-4-8-23/h2-17,19H,18,20-21H2,1H3. The molecule has 0 saturated heterocycles. The number of fused-ring (bicyclic) bond motifs is 3. The summed E-state index contributed by atoms with van der Waals surface area (Å²) in [6, 6.07) is 33.6. The topological polar surface area (TPSA) is 52.8 Å². The summed E-state index contributed by atoms with van der Waals surface area (Å²) in [7, 11) is 0. The maximum atomic E-state index is 6.16. The van der Waals surface area contributed by atoms with E-state index in [0.717, 1.165) is 38.8 Å². The van der Waals surface area contributed by atoms with Crippen molar-refractivity contribution in [2.24, 2.45) is 0 Å². The third-order valence-corrected chi connectivity index (χ3v) is 6.42. The van der Waals surface area contributed by atoms with Crippen LogP contribution in [-0.2, 0) is 24.5 Å². The van der Waals surface area contributed by atoms with Gasteiger partial charge in [-0.05, 0) is 29.5 Å². The first-order chi connectivity index (χ1) is 17.7. The number of aromatic nitrogens is 4. The number of hydrogen-bond donors (Lipinski definition) is 0. The lowest BCUT2D eigenvalue weighted by Gasteiger charge is -2.12. The molecule has 2 aromatic heterocycles. The molecule has 0 N–H and O–H groups in total. The van der Waals surface area contributed by atoms with E-state index in [-0.39, 0.29) is 0 Å². The minimum Gasteiger partial charge on any atom is -0.370 e. The highest BCUT2D eigenvalue weighted by Gasteiger charge is 2.12. The highest BCUT2D eigenvalue weighted by molar-refractivity contribution is 6.06. The highest BCUT2D eigenvalue weighted by atomic mass is 16.5. The number of nitrogens with zero attached hydrogens (tertiary/aromatic N) is 4. The zero-order valence-electron chi connectivity index (χ0n) is 20.1. The normalized spacial score (nSPS) is 11.4. The summed E-state index contributed by atoms with van der Waals surface area (Å²) in [5, 5.41) is 12.0. The second-order valence-electron chi connectivity index (χ2n) is 9.10. The lowest BCUT2D eigenvalue weighted by Crippen LogP contribution is -2.00. The van der Waals surface area contributed by atoms with Crippen molar-refractivity contribution in [2.45, 2.75) is 26.7 Å². The molecule has 4 aromatic carbocycles. The molecule has 0 unspecified atom stereocenters. The van der Waals surface area contributed by atoms with E-state index in [1.54, 1.807) is 0 Å². The summed E-state index contributed by atoms with van der Waals surface area (Å²) < 4.78 is 8.00. The van der Waals surface area contributed by atoms with Crippen molar-refractivity contribution in [1.82, 2.24) is 20.0 Å². The Morgan fingerprint density at radius 2 is 1.58 bits per heavy atom. The predicted octanol–water partition coefficient (Wildman–Crippen LogP) is 6.72. The highest BCUT2D eigenvalue weighted by Crippen LogP contribution is 2.30. The first kappa shape index (κ1) is 22.1. The summed E-state index contributed by atoms with van der Waals surface area (Å²) in [4.78, 5) is 5.09. The second-order valence-corrected chi connectivity index (χ2v) is 9.10. The molecular formula is C31H26N4O. The van der Waals surface area contributed by atoms with Crippen LogP contribution in [0.15, 0.2) is 103 Å². The van der Waals surface area contributed by atoms with Crippen LogP contribution in [0.4, 0.5) is 0 Å². The van der Waals surface area contributed by atoms with Crippen molar-refractivity contribution in [1.29, 1.82) is 0 Å². The fourth-order valence-corrected chi connectivity index (χ4v) is 4.54. The van der Waals surface area contributed by atoms with E-state index in [1.807, 2.05) is 29.1 Å². The molecule has 0 atom stereocenters. The van der Waals surface area contributed by atoms with E-state index in [4.69, 9.17) is 9.72 Å². The Bertz CT molecular complexity index is 1640. The van der Waals surface area contributed by atoms with Gasteiger partial charge in [-0.2, -0.15) is 0 Å². The number of benzene rings is 4. The summed E-state index contributed by atoms with van der Waals surface area (Å²) in [6.45, 7) is 3.64. The predicted molar refractivity (Wildman–Crippen MR) is 143 cm³/mol. The van der Waals surface area contributed by atoms with Gasteiger partial charge in [0.05, 0.1) is 37.2 Å². The molecule has 0 radical (unpaired) electrons. The lowest BCUT2D eigenvalue weighted by atomic mass is 10.00. The number of pyridine rings is 1. The molecule has 0 aliphatic carbocycles. The maximum absolute atomic E-state index is 6.16. The van der Waals surface area contributed by atoms with Crippen LogP contribution in [0.5, 0.6) is 0 Å². The van der Waals surface area contributed by atoms with Crippen molar-refractivity contribution in [3.63, 3.8) is 0 Å². The average Bonchev–Trinajstić information content (AvgIpc) is 3.36. The van der Waals surface area contributed by atoms with E-state index in [1.165, 1.54) is 16.5 Å². The first-order valence-electron chi connectivity index (χ1n) is 12.1. The Hall–Kier alpha value is -4.35. The fraction of sp³-hybridized carbons (Fsp3) is 0.129. The number of aryl methyl sites for hydroxylation is 1. The molecule has 0 aliphatic heterocycles. The van der Waals surface area contributed by atoms with Gasteiger partial charge in [0.25, 0.3) is 0 Å². The van der Waals surface area contributed by atoms with Crippen molar-refractivity contribution < 1.29 is 4.74 Å². The van der Waals surface area contributed by atoms with Gasteiger partial charge in [0, 0.05) is 16.3 Å². The lowest BCUT2D eigenvalue weighted by molar-refractivity contribution is 0.105. The molecule has 2 heterocycles. The molecule has 0 amide bonds. The number of rotatable bonds is 7. The van der Waals surface area contributed by atoms with Crippen molar-refractivity contribution in [3.8, 4) is 11.3 Å². The van der Waals surface area contributed by atoms with Crippen molar-refractivity contribution in [2.75, 3.05) is 0 Å². The van der Waals surface area contributed by atoms with Crippen LogP contribution in [0, 0.1) is 6.92 Å². The molecular weight excluding hydrogens is 444 g/mol. The fourth-order valence-electron chi connectivity index (χ4n) is 4.54. The van der Waals surface area contributed by atoms with Gasteiger partial charge < -0.3 is 4.74 Å². The van der Waals surface area contributed by atoms with Crippen LogP contribution in [0.25, 0.3) is 32.9 Å². The first-order valence-corrected chi connectivity index (χ1v) is 12.1. The Labute approximate surface area is 210 Å². The van der Waals surface area contributed by atoms with Crippen LogP contribution in [0.3, 0.4) is 0 Å². The van der Waals surface area contributed by atoms with E-state index >= 15 is 0 Å². The second kappa shape index (κ2) is 9.72. The zero-order valence-corrected chi connectivity index (χ0v) is 20.1. The van der Waals surface area contributed by atoms with Crippen molar-refractivity contribution in [3.05, 3.63) is 126 Å². The molecule has 0 bridgehead atoms. The molecule has 6 aromatic rings. The van der Waals surface area contributed by atoms with Gasteiger partial charge in [0.15, 0.2) is 0 Å². The molecule has 6 rings (SSSR count).